The number of rotatable bonds is 5. The fourth-order valence-electron chi connectivity index (χ4n) is 2.30. The Bertz CT molecular complexity index is 607. The molecule has 0 atom stereocenters. The van der Waals surface area contributed by atoms with Crippen molar-refractivity contribution in [1.29, 1.82) is 0 Å². The van der Waals surface area contributed by atoms with Crippen LogP contribution >= 0.6 is 0 Å². The van der Waals surface area contributed by atoms with Crippen LogP contribution in [0.1, 0.15) is 23.9 Å². The third-order valence-electron chi connectivity index (χ3n) is 3.46. The SMILES string of the molecule is CCc1cc(CNCc2ccc3c(c2)OCO3)n(C)n1. The van der Waals surface area contributed by atoms with Crippen LogP contribution in [0.25, 0.3) is 0 Å². The number of nitrogens with one attached hydrogen (secondary N) is 1. The van der Waals surface area contributed by atoms with Gasteiger partial charge in [0.05, 0.1) is 11.4 Å². The number of fused-ring (bicyclic) bond motifs is 1. The van der Waals surface area contributed by atoms with Gasteiger partial charge >= 0.3 is 0 Å². The second kappa shape index (κ2) is 5.54. The van der Waals surface area contributed by atoms with Crippen LogP contribution in [-0.2, 0) is 26.6 Å². The van der Waals surface area contributed by atoms with Gasteiger partial charge in [-0.3, -0.25) is 4.68 Å². The lowest BCUT2D eigenvalue weighted by atomic mass is 10.2. The fraction of sp³-hybridized carbons (Fsp3) is 0.400. The van der Waals surface area contributed by atoms with E-state index in [1.807, 2.05) is 23.9 Å². The molecule has 0 fully saturated rings. The molecule has 1 aromatic heterocycles. The zero-order valence-electron chi connectivity index (χ0n) is 11.8. The van der Waals surface area contributed by atoms with E-state index in [9.17, 15) is 0 Å². The van der Waals surface area contributed by atoms with E-state index in [1.165, 1.54) is 11.3 Å². The molecule has 0 spiro atoms. The van der Waals surface area contributed by atoms with Gasteiger partial charge in [-0.1, -0.05) is 13.0 Å². The number of aromatic nitrogens is 2. The Morgan fingerprint density at radius 2 is 2.05 bits per heavy atom. The van der Waals surface area contributed by atoms with Gasteiger partial charge in [0.2, 0.25) is 6.79 Å². The normalized spacial score (nSPS) is 12.9. The first-order chi connectivity index (χ1) is 9.76. The Balaban J connectivity index is 1.58. The highest BCUT2D eigenvalue weighted by Gasteiger charge is 2.13. The van der Waals surface area contributed by atoms with Crippen molar-refractivity contribution >= 4 is 0 Å². The molecule has 1 aliphatic rings. The summed E-state index contributed by atoms with van der Waals surface area (Å²) in [5.74, 6) is 1.66. The molecule has 0 radical (unpaired) electrons. The predicted molar refractivity (Wildman–Crippen MR) is 75.7 cm³/mol. The smallest absolute Gasteiger partial charge is 0.231 e. The molecule has 3 rings (SSSR count). The summed E-state index contributed by atoms with van der Waals surface area (Å²) in [5.41, 5.74) is 3.52. The topological polar surface area (TPSA) is 48.3 Å². The molecule has 106 valence electrons. The first kappa shape index (κ1) is 13.0. The summed E-state index contributed by atoms with van der Waals surface area (Å²) in [7, 11) is 1.98. The first-order valence-corrected chi connectivity index (χ1v) is 6.87. The summed E-state index contributed by atoms with van der Waals surface area (Å²) < 4.78 is 12.6. The summed E-state index contributed by atoms with van der Waals surface area (Å²) in [4.78, 5) is 0. The van der Waals surface area contributed by atoms with Crippen molar-refractivity contribution in [2.75, 3.05) is 6.79 Å². The summed E-state index contributed by atoms with van der Waals surface area (Å²) >= 11 is 0. The van der Waals surface area contributed by atoms with E-state index in [0.717, 1.165) is 36.7 Å². The third kappa shape index (κ3) is 2.63. The van der Waals surface area contributed by atoms with Crippen molar-refractivity contribution in [3.05, 3.63) is 41.2 Å². The Kier molecular flexibility index (Phi) is 3.60. The van der Waals surface area contributed by atoms with Crippen LogP contribution in [0.3, 0.4) is 0 Å². The number of hydrogen-bond acceptors (Lipinski definition) is 4. The third-order valence-corrected chi connectivity index (χ3v) is 3.46. The summed E-state index contributed by atoms with van der Waals surface area (Å²) in [5, 5.41) is 7.87. The lowest BCUT2D eigenvalue weighted by Crippen LogP contribution is -2.15. The van der Waals surface area contributed by atoms with Gasteiger partial charge in [0.25, 0.3) is 0 Å². The predicted octanol–water partition coefficient (Wildman–Crippen LogP) is 2.00. The van der Waals surface area contributed by atoms with Gasteiger partial charge < -0.3 is 14.8 Å². The van der Waals surface area contributed by atoms with E-state index in [-0.39, 0.29) is 0 Å². The second-order valence-electron chi connectivity index (χ2n) is 4.90. The monoisotopic (exact) mass is 273 g/mol. The number of aryl methyl sites for hydroxylation is 2. The highest BCUT2D eigenvalue weighted by Crippen LogP contribution is 2.32. The fourth-order valence-corrected chi connectivity index (χ4v) is 2.30. The maximum Gasteiger partial charge on any atom is 0.231 e. The van der Waals surface area contributed by atoms with E-state index in [2.05, 4.69) is 29.5 Å². The van der Waals surface area contributed by atoms with E-state index >= 15 is 0 Å². The summed E-state index contributed by atoms with van der Waals surface area (Å²) in [6, 6.07) is 8.18. The quantitative estimate of drug-likeness (QED) is 0.905. The highest BCUT2D eigenvalue weighted by atomic mass is 16.7. The van der Waals surface area contributed by atoms with Gasteiger partial charge in [0.1, 0.15) is 0 Å². The Morgan fingerprint density at radius 3 is 2.85 bits per heavy atom. The molecule has 0 bridgehead atoms. The van der Waals surface area contributed by atoms with Crippen LogP contribution in [0.2, 0.25) is 0 Å². The largest absolute Gasteiger partial charge is 0.454 e. The molecule has 20 heavy (non-hydrogen) atoms. The molecular weight excluding hydrogens is 254 g/mol. The average Bonchev–Trinajstić information content (AvgIpc) is 3.05. The Morgan fingerprint density at radius 1 is 1.20 bits per heavy atom. The van der Waals surface area contributed by atoms with Crippen molar-refractivity contribution in [2.45, 2.75) is 26.4 Å². The maximum absolute atomic E-state index is 5.38. The molecule has 2 heterocycles. The van der Waals surface area contributed by atoms with Crippen LogP contribution < -0.4 is 14.8 Å². The lowest BCUT2D eigenvalue weighted by molar-refractivity contribution is 0.174. The Labute approximate surface area is 118 Å². The zero-order valence-corrected chi connectivity index (χ0v) is 11.8. The van der Waals surface area contributed by atoms with Gasteiger partial charge in [-0.05, 0) is 30.2 Å². The number of hydrogen-bond donors (Lipinski definition) is 1. The minimum atomic E-state index is 0.320. The van der Waals surface area contributed by atoms with Gasteiger partial charge in [0.15, 0.2) is 11.5 Å². The Hall–Kier alpha value is -2.01. The van der Waals surface area contributed by atoms with Crippen molar-refractivity contribution in [2.24, 2.45) is 7.05 Å². The van der Waals surface area contributed by atoms with Crippen LogP contribution in [0.15, 0.2) is 24.3 Å². The minimum Gasteiger partial charge on any atom is -0.454 e. The van der Waals surface area contributed by atoms with Crippen LogP contribution in [0, 0.1) is 0 Å². The molecule has 1 N–H and O–H groups in total. The zero-order chi connectivity index (χ0) is 13.9. The van der Waals surface area contributed by atoms with E-state index < -0.39 is 0 Å². The molecular formula is C15H19N3O2. The van der Waals surface area contributed by atoms with Gasteiger partial charge in [-0.15, -0.1) is 0 Å². The number of nitrogens with zero attached hydrogens (tertiary/aromatic N) is 2. The average molecular weight is 273 g/mol. The maximum atomic E-state index is 5.38. The standard InChI is InChI=1S/C15H19N3O2/c1-3-12-7-13(18(2)17-12)9-16-8-11-4-5-14-15(6-11)20-10-19-14/h4-7,16H,3,8-10H2,1-2H3. The highest BCUT2D eigenvalue weighted by molar-refractivity contribution is 5.44. The van der Waals surface area contributed by atoms with E-state index in [0.29, 0.717) is 6.79 Å². The van der Waals surface area contributed by atoms with E-state index in [1.54, 1.807) is 0 Å². The molecule has 5 heteroatoms. The van der Waals surface area contributed by atoms with Crippen LogP contribution in [0.5, 0.6) is 11.5 Å². The number of ether oxygens (including phenoxy) is 2. The molecule has 0 saturated carbocycles. The molecule has 0 aliphatic carbocycles. The molecule has 0 unspecified atom stereocenters. The molecule has 0 amide bonds. The van der Waals surface area contributed by atoms with Gasteiger partial charge in [-0.25, -0.2) is 0 Å². The van der Waals surface area contributed by atoms with Crippen LogP contribution in [-0.4, -0.2) is 16.6 Å². The van der Waals surface area contributed by atoms with Crippen molar-refractivity contribution in [3.8, 4) is 11.5 Å². The molecule has 1 aromatic carbocycles. The van der Waals surface area contributed by atoms with Crippen molar-refractivity contribution in [1.82, 2.24) is 15.1 Å². The first-order valence-electron chi connectivity index (χ1n) is 6.87. The van der Waals surface area contributed by atoms with Gasteiger partial charge in [-0.2, -0.15) is 5.10 Å². The second-order valence-corrected chi connectivity index (χ2v) is 4.90. The van der Waals surface area contributed by atoms with E-state index in [4.69, 9.17) is 9.47 Å². The molecule has 1 aliphatic heterocycles. The molecule has 2 aromatic rings. The van der Waals surface area contributed by atoms with Gasteiger partial charge in [0, 0.05) is 20.1 Å². The summed E-state index contributed by atoms with van der Waals surface area (Å²) in [6.45, 7) is 4.04. The number of benzene rings is 1. The minimum absolute atomic E-state index is 0.320. The summed E-state index contributed by atoms with van der Waals surface area (Å²) in [6.07, 6.45) is 0.968. The lowest BCUT2D eigenvalue weighted by Gasteiger charge is -2.06. The van der Waals surface area contributed by atoms with Crippen molar-refractivity contribution < 1.29 is 9.47 Å². The van der Waals surface area contributed by atoms with Crippen molar-refractivity contribution in [3.63, 3.8) is 0 Å². The molecule has 0 saturated heterocycles. The molecule has 5 nitrogen and oxygen atoms in total. The van der Waals surface area contributed by atoms with Crippen LogP contribution in [0.4, 0.5) is 0 Å².